The van der Waals surface area contributed by atoms with Gasteiger partial charge in [0.1, 0.15) is 6.10 Å². The lowest BCUT2D eigenvalue weighted by Gasteiger charge is -2.22. The lowest BCUT2D eigenvalue weighted by Crippen LogP contribution is -2.38. The normalized spacial score (nSPS) is 20.5. The number of carbonyl (C=O) groups is 1. The maximum absolute atomic E-state index is 12.6. The van der Waals surface area contributed by atoms with Crippen molar-refractivity contribution >= 4 is 5.97 Å². The standard InChI is InChI=1S/C26H26O5/c27-26-25(30-18-22-14-8-3-9-15-22)24(29-17-21-12-6-2-7-13-21)23(31-26)19-28-16-20-10-4-1-5-11-20/h1-15,23-25H,16-19H2/t23?,24-,25-/m1/s1. The van der Waals surface area contributed by atoms with Crippen molar-refractivity contribution in [3.05, 3.63) is 108 Å². The molecule has 0 aromatic heterocycles. The van der Waals surface area contributed by atoms with Crippen molar-refractivity contribution in [1.82, 2.24) is 0 Å². The summed E-state index contributed by atoms with van der Waals surface area (Å²) in [5, 5.41) is 0. The Labute approximate surface area is 182 Å². The van der Waals surface area contributed by atoms with Gasteiger partial charge in [-0.25, -0.2) is 4.79 Å². The maximum Gasteiger partial charge on any atom is 0.338 e. The Morgan fingerprint density at radius 2 is 1.13 bits per heavy atom. The van der Waals surface area contributed by atoms with Gasteiger partial charge in [0, 0.05) is 0 Å². The van der Waals surface area contributed by atoms with Gasteiger partial charge in [0.15, 0.2) is 12.2 Å². The average Bonchev–Trinajstić information content (AvgIpc) is 3.12. The van der Waals surface area contributed by atoms with Crippen LogP contribution in [0.15, 0.2) is 91.0 Å². The summed E-state index contributed by atoms with van der Waals surface area (Å²) < 4.78 is 23.5. The second-order valence-electron chi connectivity index (χ2n) is 7.45. The zero-order chi connectivity index (χ0) is 21.3. The number of carbonyl (C=O) groups excluding carboxylic acids is 1. The van der Waals surface area contributed by atoms with Crippen molar-refractivity contribution in [2.45, 2.75) is 38.1 Å². The summed E-state index contributed by atoms with van der Waals surface area (Å²) in [6.45, 7) is 1.35. The number of esters is 1. The van der Waals surface area contributed by atoms with Gasteiger partial charge >= 0.3 is 5.97 Å². The molecule has 0 radical (unpaired) electrons. The van der Waals surface area contributed by atoms with Crippen molar-refractivity contribution in [2.75, 3.05) is 6.61 Å². The summed E-state index contributed by atoms with van der Waals surface area (Å²) in [5.74, 6) is -0.415. The van der Waals surface area contributed by atoms with E-state index in [-0.39, 0.29) is 6.61 Å². The highest BCUT2D eigenvalue weighted by Gasteiger charge is 2.46. The first-order valence-corrected chi connectivity index (χ1v) is 10.4. The molecule has 1 unspecified atom stereocenters. The zero-order valence-corrected chi connectivity index (χ0v) is 17.3. The van der Waals surface area contributed by atoms with Crippen LogP contribution in [-0.4, -0.2) is 30.9 Å². The average molecular weight is 418 g/mol. The SMILES string of the molecule is O=C1OC(COCc2ccccc2)[C@@H](OCc2ccccc2)[C@H]1OCc1ccccc1. The first kappa shape index (κ1) is 21.2. The van der Waals surface area contributed by atoms with Crippen molar-refractivity contribution in [2.24, 2.45) is 0 Å². The maximum atomic E-state index is 12.6. The number of benzene rings is 3. The third kappa shape index (κ3) is 6.01. The molecule has 0 bridgehead atoms. The Bertz CT molecular complexity index is 930. The molecule has 160 valence electrons. The molecule has 3 aromatic rings. The van der Waals surface area contributed by atoms with Crippen LogP contribution < -0.4 is 0 Å². The fraction of sp³-hybridized carbons (Fsp3) is 0.269. The van der Waals surface area contributed by atoms with Gasteiger partial charge in [-0.2, -0.15) is 0 Å². The Kier molecular flexibility index (Phi) is 7.45. The molecule has 5 nitrogen and oxygen atoms in total. The largest absolute Gasteiger partial charge is 0.455 e. The first-order chi connectivity index (χ1) is 15.3. The van der Waals surface area contributed by atoms with Crippen molar-refractivity contribution in [3.8, 4) is 0 Å². The Morgan fingerprint density at radius 1 is 0.645 bits per heavy atom. The van der Waals surface area contributed by atoms with Gasteiger partial charge in [0.2, 0.25) is 0 Å². The summed E-state index contributed by atoms with van der Waals surface area (Å²) >= 11 is 0. The van der Waals surface area contributed by atoms with Gasteiger partial charge in [-0.3, -0.25) is 0 Å². The van der Waals surface area contributed by atoms with Crippen LogP contribution in [0, 0.1) is 0 Å². The van der Waals surface area contributed by atoms with Gasteiger partial charge < -0.3 is 18.9 Å². The molecule has 1 aliphatic heterocycles. The van der Waals surface area contributed by atoms with E-state index in [1.807, 2.05) is 91.0 Å². The fourth-order valence-electron chi connectivity index (χ4n) is 3.49. The highest BCUT2D eigenvalue weighted by molar-refractivity contribution is 5.78. The monoisotopic (exact) mass is 418 g/mol. The minimum atomic E-state index is -0.797. The van der Waals surface area contributed by atoms with E-state index >= 15 is 0 Å². The summed E-state index contributed by atoms with van der Waals surface area (Å²) in [4.78, 5) is 12.6. The predicted octanol–water partition coefficient (Wildman–Crippen LogP) is 4.30. The van der Waals surface area contributed by atoms with Crippen LogP contribution >= 0.6 is 0 Å². The Morgan fingerprint density at radius 3 is 1.68 bits per heavy atom. The molecule has 0 aliphatic carbocycles. The number of hydrogen-bond donors (Lipinski definition) is 0. The van der Waals surface area contributed by atoms with Gasteiger partial charge in [-0.15, -0.1) is 0 Å². The molecule has 0 N–H and O–H groups in total. The summed E-state index contributed by atoms with van der Waals surface area (Å²) in [7, 11) is 0. The van der Waals surface area contributed by atoms with E-state index in [1.54, 1.807) is 0 Å². The van der Waals surface area contributed by atoms with E-state index in [2.05, 4.69) is 0 Å². The molecule has 31 heavy (non-hydrogen) atoms. The molecule has 1 fully saturated rings. The molecule has 4 rings (SSSR count). The second kappa shape index (κ2) is 10.9. The third-order valence-corrected chi connectivity index (χ3v) is 5.12. The second-order valence-corrected chi connectivity index (χ2v) is 7.45. The molecule has 3 atom stereocenters. The van der Waals surface area contributed by atoms with Crippen molar-refractivity contribution < 1.29 is 23.7 Å². The number of rotatable bonds is 10. The molecule has 5 heteroatoms. The van der Waals surface area contributed by atoms with Crippen LogP contribution in [0.5, 0.6) is 0 Å². The molecular weight excluding hydrogens is 392 g/mol. The number of cyclic esters (lactones) is 1. The topological polar surface area (TPSA) is 54.0 Å². The van der Waals surface area contributed by atoms with Crippen LogP contribution in [0.25, 0.3) is 0 Å². The van der Waals surface area contributed by atoms with Crippen LogP contribution in [0.2, 0.25) is 0 Å². The van der Waals surface area contributed by atoms with Crippen molar-refractivity contribution in [3.63, 3.8) is 0 Å². The lowest BCUT2D eigenvalue weighted by atomic mass is 10.1. The highest BCUT2D eigenvalue weighted by Crippen LogP contribution is 2.25. The molecule has 3 aromatic carbocycles. The highest BCUT2D eigenvalue weighted by atomic mass is 16.6. The number of ether oxygens (including phenoxy) is 4. The van der Waals surface area contributed by atoms with Gasteiger partial charge in [-0.05, 0) is 16.7 Å². The fourth-order valence-corrected chi connectivity index (χ4v) is 3.49. The van der Waals surface area contributed by atoms with Gasteiger partial charge in [0.25, 0.3) is 0 Å². The minimum absolute atomic E-state index is 0.241. The van der Waals surface area contributed by atoms with Crippen LogP contribution in [0.1, 0.15) is 16.7 Å². The van der Waals surface area contributed by atoms with Gasteiger partial charge in [-0.1, -0.05) is 91.0 Å². The smallest absolute Gasteiger partial charge is 0.338 e. The quantitative estimate of drug-likeness (QED) is 0.460. The molecule has 1 heterocycles. The first-order valence-electron chi connectivity index (χ1n) is 10.4. The Hall–Kier alpha value is -2.99. The molecule has 0 amide bonds. The molecule has 1 saturated heterocycles. The summed E-state index contributed by atoms with van der Waals surface area (Å²) in [5.41, 5.74) is 3.07. The summed E-state index contributed by atoms with van der Waals surface area (Å²) in [6, 6.07) is 29.5. The van der Waals surface area contributed by atoms with Crippen LogP contribution in [-0.2, 0) is 43.6 Å². The van der Waals surface area contributed by atoms with E-state index in [1.165, 1.54) is 0 Å². The lowest BCUT2D eigenvalue weighted by molar-refractivity contribution is -0.152. The number of hydrogen-bond acceptors (Lipinski definition) is 5. The predicted molar refractivity (Wildman–Crippen MR) is 116 cm³/mol. The van der Waals surface area contributed by atoms with Gasteiger partial charge in [0.05, 0.1) is 26.4 Å². The molecule has 0 spiro atoms. The molecule has 0 saturated carbocycles. The molecule has 1 aliphatic rings. The van der Waals surface area contributed by atoms with Crippen molar-refractivity contribution in [1.29, 1.82) is 0 Å². The third-order valence-electron chi connectivity index (χ3n) is 5.12. The van der Waals surface area contributed by atoms with E-state index in [4.69, 9.17) is 18.9 Å². The van der Waals surface area contributed by atoms with Crippen LogP contribution in [0.3, 0.4) is 0 Å². The minimum Gasteiger partial charge on any atom is -0.455 e. The Balaban J connectivity index is 1.40. The van der Waals surface area contributed by atoms with E-state index in [9.17, 15) is 4.79 Å². The van der Waals surface area contributed by atoms with E-state index in [0.29, 0.717) is 19.8 Å². The van der Waals surface area contributed by atoms with E-state index < -0.39 is 24.3 Å². The summed E-state index contributed by atoms with van der Waals surface area (Å²) in [6.07, 6.45) is -1.87. The molecular formula is C26H26O5. The zero-order valence-electron chi connectivity index (χ0n) is 17.3. The van der Waals surface area contributed by atoms with Crippen LogP contribution in [0.4, 0.5) is 0 Å². The van der Waals surface area contributed by atoms with E-state index in [0.717, 1.165) is 16.7 Å².